The number of alkyl halides is 3. The van der Waals surface area contributed by atoms with Gasteiger partial charge in [-0.05, 0) is 42.0 Å². The Kier molecular flexibility index (Phi) is 4.53. The highest BCUT2D eigenvalue weighted by molar-refractivity contribution is 9.10. The van der Waals surface area contributed by atoms with Crippen molar-refractivity contribution >= 4 is 27.5 Å². The number of phenols is 1. The highest BCUT2D eigenvalue weighted by atomic mass is 79.9. The van der Waals surface area contributed by atoms with Crippen molar-refractivity contribution in [1.82, 2.24) is 5.01 Å². The SMILES string of the molecule is O=C(c1ccc(O)cc1)N1N=C(c2ccc(Br)cc2)C[C@]1(O)C(F)(F)F. The molecule has 0 aromatic heterocycles. The van der Waals surface area contributed by atoms with Crippen molar-refractivity contribution in [2.24, 2.45) is 5.10 Å². The summed E-state index contributed by atoms with van der Waals surface area (Å²) in [6.07, 6.45) is -6.00. The van der Waals surface area contributed by atoms with Crippen LogP contribution >= 0.6 is 15.9 Å². The van der Waals surface area contributed by atoms with Gasteiger partial charge in [0.2, 0.25) is 0 Å². The van der Waals surface area contributed by atoms with Crippen LogP contribution in [0.2, 0.25) is 0 Å². The quantitative estimate of drug-likeness (QED) is 0.766. The third-order valence-corrected chi connectivity index (χ3v) is 4.45. The van der Waals surface area contributed by atoms with E-state index in [1.165, 1.54) is 12.1 Å². The Morgan fingerprint density at radius 1 is 1.12 bits per heavy atom. The molecule has 0 bridgehead atoms. The van der Waals surface area contributed by atoms with Crippen LogP contribution in [0.15, 0.2) is 58.1 Å². The summed E-state index contributed by atoms with van der Waals surface area (Å²) in [5, 5.41) is 23.3. The van der Waals surface area contributed by atoms with Gasteiger partial charge in [-0.3, -0.25) is 4.79 Å². The average molecular weight is 429 g/mol. The first-order valence-electron chi connectivity index (χ1n) is 7.38. The van der Waals surface area contributed by atoms with Crippen molar-refractivity contribution in [2.45, 2.75) is 18.3 Å². The average Bonchev–Trinajstić information content (AvgIpc) is 2.94. The topological polar surface area (TPSA) is 73.1 Å². The lowest BCUT2D eigenvalue weighted by molar-refractivity contribution is -0.297. The van der Waals surface area contributed by atoms with Crippen molar-refractivity contribution < 1.29 is 28.2 Å². The van der Waals surface area contributed by atoms with E-state index in [2.05, 4.69) is 21.0 Å². The number of hydrogen-bond acceptors (Lipinski definition) is 4. The zero-order chi connectivity index (χ0) is 19.1. The fraction of sp³-hybridized carbons (Fsp3) is 0.176. The molecule has 3 rings (SSSR count). The number of amides is 1. The van der Waals surface area contributed by atoms with Crippen LogP contribution < -0.4 is 0 Å². The molecule has 0 radical (unpaired) electrons. The van der Waals surface area contributed by atoms with E-state index in [4.69, 9.17) is 0 Å². The standard InChI is InChI=1S/C17H12BrF3N2O3/c18-12-5-1-10(2-6-12)14-9-16(26,17(19,20)21)23(22-14)15(25)11-3-7-13(24)8-4-11/h1-8,24,26H,9H2/t16-/m0/s1. The molecule has 0 spiro atoms. The van der Waals surface area contributed by atoms with Crippen molar-refractivity contribution in [3.05, 3.63) is 64.1 Å². The van der Waals surface area contributed by atoms with E-state index in [1.54, 1.807) is 12.1 Å². The predicted molar refractivity (Wildman–Crippen MR) is 90.6 cm³/mol. The summed E-state index contributed by atoms with van der Waals surface area (Å²) in [6.45, 7) is 0. The number of hydrogen-bond donors (Lipinski definition) is 2. The fourth-order valence-electron chi connectivity index (χ4n) is 2.51. The van der Waals surface area contributed by atoms with Gasteiger partial charge in [0.1, 0.15) is 5.75 Å². The number of carbonyl (C=O) groups is 1. The van der Waals surface area contributed by atoms with Crippen LogP contribution in [0, 0.1) is 0 Å². The Morgan fingerprint density at radius 2 is 1.69 bits per heavy atom. The van der Waals surface area contributed by atoms with Gasteiger partial charge in [0.05, 0.1) is 12.1 Å². The number of aromatic hydroxyl groups is 1. The summed E-state index contributed by atoms with van der Waals surface area (Å²) in [5.74, 6) is -1.27. The first-order valence-corrected chi connectivity index (χ1v) is 8.17. The molecule has 136 valence electrons. The second-order valence-electron chi connectivity index (χ2n) is 5.71. The molecule has 0 aliphatic carbocycles. The zero-order valence-corrected chi connectivity index (χ0v) is 14.6. The van der Waals surface area contributed by atoms with E-state index in [9.17, 15) is 28.2 Å². The number of benzene rings is 2. The second-order valence-corrected chi connectivity index (χ2v) is 6.62. The number of halogens is 4. The lowest BCUT2D eigenvalue weighted by Gasteiger charge is -2.32. The monoisotopic (exact) mass is 428 g/mol. The summed E-state index contributed by atoms with van der Waals surface area (Å²) in [5.41, 5.74) is -3.31. The van der Waals surface area contributed by atoms with Gasteiger partial charge < -0.3 is 10.2 Å². The Balaban J connectivity index is 2.03. The highest BCUT2D eigenvalue weighted by Crippen LogP contribution is 2.42. The molecule has 2 aromatic carbocycles. The molecule has 26 heavy (non-hydrogen) atoms. The number of phenolic OH excluding ortho intramolecular Hbond substituents is 1. The Hall–Kier alpha value is -2.39. The minimum Gasteiger partial charge on any atom is -0.508 e. The molecule has 1 amide bonds. The van der Waals surface area contributed by atoms with Crippen molar-refractivity contribution in [1.29, 1.82) is 0 Å². The van der Waals surface area contributed by atoms with Crippen LogP contribution in [0.5, 0.6) is 5.75 Å². The first-order chi connectivity index (χ1) is 12.1. The van der Waals surface area contributed by atoms with Gasteiger partial charge in [0.15, 0.2) is 0 Å². The van der Waals surface area contributed by atoms with Gasteiger partial charge >= 0.3 is 6.18 Å². The van der Waals surface area contributed by atoms with Crippen LogP contribution in [-0.2, 0) is 0 Å². The lowest BCUT2D eigenvalue weighted by Crippen LogP contribution is -2.56. The molecule has 2 aromatic rings. The van der Waals surface area contributed by atoms with Gasteiger partial charge in [-0.1, -0.05) is 28.1 Å². The Labute approximate surface area is 154 Å². The maximum absolute atomic E-state index is 13.5. The zero-order valence-electron chi connectivity index (χ0n) is 13.0. The summed E-state index contributed by atoms with van der Waals surface area (Å²) < 4.78 is 41.3. The van der Waals surface area contributed by atoms with Crippen molar-refractivity contribution in [3.8, 4) is 5.75 Å². The number of hydrazone groups is 1. The summed E-state index contributed by atoms with van der Waals surface area (Å²) in [6, 6.07) is 10.9. The van der Waals surface area contributed by atoms with Crippen molar-refractivity contribution in [3.63, 3.8) is 0 Å². The molecule has 1 atom stereocenters. The lowest BCUT2D eigenvalue weighted by atomic mass is 10.0. The molecular weight excluding hydrogens is 417 g/mol. The van der Waals surface area contributed by atoms with E-state index >= 15 is 0 Å². The van der Waals surface area contributed by atoms with Gasteiger partial charge in [-0.2, -0.15) is 23.3 Å². The largest absolute Gasteiger partial charge is 0.508 e. The normalized spacial score (nSPS) is 20.2. The molecular formula is C17H12BrF3N2O3. The first kappa shape index (κ1) is 18.4. The summed E-state index contributed by atoms with van der Waals surface area (Å²) in [7, 11) is 0. The molecule has 5 nitrogen and oxygen atoms in total. The third kappa shape index (κ3) is 3.19. The van der Waals surface area contributed by atoms with E-state index in [0.29, 0.717) is 5.56 Å². The number of aliphatic hydroxyl groups is 1. The number of rotatable bonds is 2. The molecule has 0 unspecified atom stereocenters. The van der Waals surface area contributed by atoms with E-state index in [0.717, 1.165) is 28.7 Å². The molecule has 2 N–H and O–H groups in total. The third-order valence-electron chi connectivity index (χ3n) is 3.92. The molecule has 0 fully saturated rings. The molecule has 0 saturated carbocycles. The van der Waals surface area contributed by atoms with Crippen LogP contribution in [-0.4, -0.2) is 38.7 Å². The maximum atomic E-state index is 13.5. The number of carbonyl (C=O) groups excluding carboxylic acids is 1. The molecule has 1 heterocycles. The second kappa shape index (κ2) is 6.40. The van der Waals surface area contributed by atoms with E-state index in [1.807, 2.05) is 0 Å². The molecule has 0 saturated heterocycles. The van der Waals surface area contributed by atoms with Crippen LogP contribution in [0.3, 0.4) is 0 Å². The minimum absolute atomic E-state index is 0.0523. The maximum Gasteiger partial charge on any atom is 0.438 e. The van der Waals surface area contributed by atoms with Gasteiger partial charge in [0, 0.05) is 10.0 Å². The van der Waals surface area contributed by atoms with Gasteiger partial charge in [0.25, 0.3) is 11.6 Å². The Bertz CT molecular complexity index is 866. The summed E-state index contributed by atoms with van der Waals surface area (Å²) in [4.78, 5) is 12.5. The van der Waals surface area contributed by atoms with Crippen LogP contribution in [0.4, 0.5) is 13.2 Å². The van der Waals surface area contributed by atoms with Crippen LogP contribution in [0.1, 0.15) is 22.3 Å². The minimum atomic E-state index is -5.11. The smallest absolute Gasteiger partial charge is 0.438 e. The number of nitrogens with zero attached hydrogens (tertiary/aromatic N) is 2. The summed E-state index contributed by atoms with van der Waals surface area (Å²) >= 11 is 3.23. The van der Waals surface area contributed by atoms with E-state index in [-0.39, 0.29) is 22.0 Å². The predicted octanol–water partition coefficient (Wildman–Crippen LogP) is 3.66. The molecule has 1 aliphatic heterocycles. The van der Waals surface area contributed by atoms with Crippen LogP contribution in [0.25, 0.3) is 0 Å². The Morgan fingerprint density at radius 3 is 2.23 bits per heavy atom. The van der Waals surface area contributed by atoms with E-state index < -0.39 is 24.2 Å². The van der Waals surface area contributed by atoms with Gasteiger partial charge in [-0.15, -0.1) is 0 Å². The highest BCUT2D eigenvalue weighted by Gasteiger charge is 2.63. The van der Waals surface area contributed by atoms with Gasteiger partial charge in [-0.25, -0.2) is 0 Å². The molecule has 1 aliphatic rings. The fourth-order valence-corrected chi connectivity index (χ4v) is 2.77. The van der Waals surface area contributed by atoms with Crippen molar-refractivity contribution in [2.75, 3.05) is 0 Å². The molecule has 9 heteroatoms.